The van der Waals surface area contributed by atoms with Crippen LogP contribution >= 0.6 is 11.6 Å². The molecule has 2 aromatic carbocycles. The predicted octanol–water partition coefficient (Wildman–Crippen LogP) is 4.90. The van der Waals surface area contributed by atoms with Gasteiger partial charge in [0.1, 0.15) is 6.61 Å². The van der Waals surface area contributed by atoms with Crippen molar-refractivity contribution in [2.24, 2.45) is 5.41 Å². The maximum atomic E-state index is 6.27. The molecular formula is C23H25ClN2O2. The summed E-state index contributed by atoms with van der Waals surface area (Å²) in [5.41, 5.74) is 4.38. The molecule has 4 rings (SSSR count). The number of rotatable bonds is 7. The fourth-order valence-corrected chi connectivity index (χ4v) is 3.58. The number of pyridine rings is 1. The molecule has 0 radical (unpaired) electrons. The van der Waals surface area contributed by atoms with Crippen molar-refractivity contribution in [2.45, 2.75) is 27.0 Å². The van der Waals surface area contributed by atoms with Crippen LogP contribution in [0.2, 0.25) is 5.02 Å². The minimum absolute atomic E-state index is 0.222. The van der Waals surface area contributed by atoms with Crippen LogP contribution in [-0.2, 0) is 17.9 Å². The van der Waals surface area contributed by atoms with Crippen LogP contribution in [0.5, 0.6) is 5.88 Å². The van der Waals surface area contributed by atoms with E-state index in [1.54, 1.807) is 0 Å². The van der Waals surface area contributed by atoms with Gasteiger partial charge in [0.05, 0.1) is 18.7 Å². The first-order valence-electron chi connectivity index (χ1n) is 9.57. The number of hydrogen-bond acceptors (Lipinski definition) is 4. The lowest BCUT2D eigenvalue weighted by molar-refractivity contribution is -0.0991. The maximum Gasteiger partial charge on any atom is 0.218 e. The number of nitrogens with one attached hydrogen (secondary N) is 1. The molecule has 0 bridgehead atoms. The van der Waals surface area contributed by atoms with Gasteiger partial charge in [-0.1, -0.05) is 48.4 Å². The molecule has 0 atom stereocenters. The summed E-state index contributed by atoms with van der Waals surface area (Å²) >= 11 is 6.27. The maximum absolute atomic E-state index is 6.27. The summed E-state index contributed by atoms with van der Waals surface area (Å²) in [6.07, 6.45) is 0. The molecule has 1 aromatic heterocycles. The van der Waals surface area contributed by atoms with E-state index in [2.05, 4.69) is 37.4 Å². The zero-order valence-corrected chi connectivity index (χ0v) is 17.1. The molecule has 28 heavy (non-hydrogen) atoms. The summed E-state index contributed by atoms with van der Waals surface area (Å²) < 4.78 is 11.4. The molecule has 0 unspecified atom stereocenters. The zero-order valence-electron chi connectivity index (χ0n) is 16.3. The first-order valence-corrected chi connectivity index (χ1v) is 9.95. The zero-order chi connectivity index (χ0) is 19.6. The van der Waals surface area contributed by atoms with Crippen molar-refractivity contribution < 1.29 is 9.47 Å². The molecule has 1 saturated heterocycles. The summed E-state index contributed by atoms with van der Waals surface area (Å²) in [6, 6.07) is 16.2. The van der Waals surface area contributed by atoms with Crippen molar-refractivity contribution >= 4 is 22.5 Å². The Bertz CT molecular complexity index is 985. The molecule has 1 N–H and O–H groups in total. The summed E-state index contributed by atoms with van der Waals surface area (Å²) in [5, 5.41) is 5.38. The fourth-order valence-electron chi connectivity index (χ4n) is 3.39. The minimum Gasteiger partial charge on any atom is -0.472 e. The molecule has 5 heteroatoms. The highest BCUT2D eigenvalue weighted by atomic mass is 35.5. The van der Waals surface area contributed by atoms with Crippen molar-refractivity contribution in [1.29, 1.82) is 0 Å². The second kappa shape index (κ2) is 8.08. The van der Waals surface area contributed by atoms with Gasteiger partial charge in [-0.3, -0.25) is 0 Å². The van der Waals surface area contributed by atoms with Crippen LogP contribution in [0.3, 0.4) is 0 Å². The Morgan fingerprint density at radius 2 is 1.96 bits per heavy atom. The van der Waals surface area contributed by atoms with Gasteiger partial charge in [0.2, 0.25) is 5.88 Å². The topological polar surface area (TPSA) is 43.4 Å². The van der Waals surface area contributed by atoms with Crippen molar-refractivity contribution in [3.63, 3.8) is 0 Å². The van der Waals surface area contributed by atoms with Gasteiger partial charge < -0.3 is 14.8 Å². The van der Waals surface area contributed by atoms with Gasteiger partial charge in [-0.15, -0.1) is 0 Å². The quantitative estimate of drug-likeness (QED) is 0.616. The smallest absolute Gasteiger partial charge is 0.218 e. The number of halogens is 1. The van der Waals surface area contributed by atoms with Gasteiger partial charge in [0, 0.05) is 40.0 Å². The van der Waals surface area contributed by atoms with E-state index in [1.807, 2.05) is 30.3 Å². The number of nitrogens with zero attached hydrogens (tertiary/aromatic N) is 1. The van der Waals surface area contributed by atoms with Gasteiger partial charge in [0.25, 0.3) is 0 Å². The normalized spacial score (nSPS) is 15.4. The Labute approximate surface area is 170 Å². The van der Waals surface area contributed by atoms with Crippen LogP contribution < -0.4 is 10.1 Å². The Balaban J connectivity index is 1.56. The van der Waals surface area contributed by atoms with Crippen LogP contribution in [0.4, 0.5) is 0 Å². The monoisotopic (exact) mass is 396 g/mol. The van der Waals surface area contributed by atoms with E-state index in [-0.39, 0.29) is 5.41 Å². The highest BCUT2D eigenvalue weighted by Crippen LogP contribution is 2.27. The van der Waals surface area contributed by atoms with Gasteiger partial charge in [0.15, 0.2) is 0 Å². The number of ether oxygens (including phenoxy) is 2. The summed E-state index contributed by atoms with van der Waals surface area (Å²) in [5.74, 6) is 0.652. The van der Waals surface area contributed by atoms with Gasteiger partial charge in [-0.2, -0.15) is 0 Å². The molecule has 1 fully saturated rings. The van der Waals surface area contributed by atoms with E-state index < -0.39 is 0 Å². The Morgan fingerprint density at radius 1 is 1.14 bits per heavy atom. The molecule has 0 aliphatic carbocycles. The van der Waals surface area contributed by atoms with Gasteiger partial charge >= 0.3 is 0 Å². The SMILES string of the molecule is Cc1ccc2nc(OCc3ccccc3Cl)c(CNCC3(C)COC3)cc2c1. The number of aromatic nitrogens is 1. The lowest BCUT2D eigenvalue weighted by atomic mass is 9.89. The average Bonchev–Trinajstić information content (AvgIpc) is 2.66. The molecule has 3 aromatic rings. The molecule has 1 aliphatic rings. The lowest BCUT2D eigenvalue weighted by Gasteiger charge is -2.38. The van der Waals surface area contributed by atoms with Crippen LogP contribution in [-0.4, -0.2) is 24.7 Å². The molecule has 146 valence electrons. The third-order valence-corrected chi connectivity index (χ3v) is 5.47. The number of hydrogen-bond donors (Lipinski definition) is 1. The summed E-state index contributed by atoms with van der Waals surface area (Å²) in [4.78, 5) is 4.78. The first-order chi connectivity index (χ1) is 13.5. The van der Waals surface area contributed by atoms with Gasteiger partial charge in [-0.05, 0) is 31.2 Å². The van der Waals surface area contributed by atoms with Crippen molar-refractivity contribution in [2.75, 3.05) is 19.8 Å². The number of benzene rings is 2. The van der Waals surface area contributed by atoms with Crippen molar-refractivity contribution in [3.8, 4) is 5.88 Å². The Morgan fingerprint density at radius 3 is 2.71 bits per heavy atom. The van der Waals surface area contributed by atoms with E-state index in [9.17, 15) is 0 Å². The Hall–Kier alpha value is -2.14. The van der Waals surface area contributed by atoms with E-state index >= 15 is 0 Å². The molecule has 0 saturated carbocycles. The minimum atomic E-state index is 0.222. The van der Waals surface area contributed by atoms with Crippen LogP contribution in [0, 0.1) is 12.3 Å². The fraction of sp³-hybridized carbons (Fsp3) is 0.348. The third-order valence-electron chi connectivity index (χ3n) is 5.10. The number of fused-ring (bicyclic) bond motifs is 1. The van der Waals surface area contributed by atoms with Crippen molar-refractivity contribution in [1.82, 2.24) is 10.3 Å². The molecule has 1 aliphatic heterocycles. The molecule has 0 amide bonds. The highest BCUT2D eigenvalue weighted by Gasteiger charge is 2.32. The molecule has 2 heterocycles. The van der Waals surface area contributed by atoms with Crippen LogP contribution in [0.1, 0.15) is 23.6 Å². The summed E-state index contributed by atoms with van der Waals surface area (Å²) in [7, 11) is 0. The second-order valence-electron chi connectivity index (χ2n) is 7.94. The van der Waals surface area contributed by atoms with E-state index in [4.69, 9.17) is 26.1 Å². The Kier molecular flexibility index (Phi) is 5.54. The van der Waals surface area contributed by atoms with Crippen molar-refractivity contribution in [3.05, 3.63) is 70.2 Å². The van der Waals surface area contributed by atoms with Crippen LogP contribution in [0.15, 0.2) is 48.5 Å². The lowest BCUT2D eigenvalue weighted by Crippen LogP contribution is -2.47. The molecular weight excluding hydrogens is 372 g/mol. The largest absolute Gasteiger partial charge is 0.472 e. The van der Waals surface area contributed by atoms with E-state index in [0.717, 1.165) is 41.8 Å². The third kappa shape index (κ3) is 4.30. The standard InChI is InChI=1S/C23H25ClN2O2/c1-16-7-8-21-18(9-16)10-19(11-25-13-23(2)14-27-15-23)22(26-21)28-12-17-5-3-4-6-20(17)24/h3-10,25H,11-15H2,1-2H3. The average molecular weight is 397 g/mol. The first kappa shape index (κ1) is 19.2. The highest BCUT2D eigenvalue weighted by molar-refractivity contribution is 6.31. The van der Waals surface area contributed by atoms with E-state index in [1.165, 1.54) is 5.56 Å². The molecule has 4 nitrogen and oxygen atoms in total. The van der Waals surface area contributed by atoms with E-state index in [0.29, 0.717) is 24.1 Å². The molecule has 0 spiro atoms. The van der Waals surface area contributed by atoms with Gasteiger partial charge in [-0.25, -0.2) is 4.98 Å². The second-order valence-corrected chi connectivity index (χ2v) is 8.34. The summed E-state index contributed by atoms with van der Waals surface area (Å²) in [6.45, 7) is 7.95. The number of aryl methyl sites for hydroxylation is 1. The predicted molar refractivity (Wildman–Crippen MR) is 113 cm³/mol. The van der Waals surface area contributed by atoms with Crippen LogP contribution in [0.25, 0.3) is 10.9 Å².